The number of hydrogen-bond acceptors (Lipinski definition) is 4. The Morgan fingerprint density at radius 1 is 1.20 bits per heavy atom. The molecule has 5 nitrogen and oxygen atoms in total. The summed E-state index contributed by atoms with van der Waals surface area (Å²) in [6.45, 7) is 3.53. The molecule has 20 heavy (non-hydrogen) atoms. The standard InChI is InChI=1S/C15H18O5/c1-3-10(2)20-15(19)12(9-13(16)17)14(18)11-7-5-4-6-8-11/h4-8,10,12H,3,9H2,1-2H3,(H,16,17). The van der Waals surface area contributed by atoms with Crippen LogP contribution in [0.2, 0.25) is 0 Å². The first kappa shape index (κ1) is 15.9. The summed E-state index contributed by atoms with van der Waals surface area (Å²) in [5, 5.41) is 8.86. The van der Waals surface area contributed by atoms with Crippen molar-refractivity contribution in [1.82, 2.24) is 0 Å². The van der Waals surface area contributed by atoms with E-state index >= 15 is 0 Å². The lowest BCUT2D eigenvalue weighted by Gasteiger charge is -2.16. The second-order valence-corrected chi connectivity index (χ2v) is 4.54. The van der Waals surface area contributed by atoms with Crippen molar-refractivity contribution in [2.45, 2.75) is 32.8 Å². The monoisotopic (exact) mass is 278 g/mol. The molecule has 0 heterocycles. The van der Waals surface area contributed by atoms with Crippen molar-refractivity contribution in [3.8, 4) is 0 Å². The number of Topliss-reactive ketones (excluding diaryl/α,β-unsaturated/α-hetero) is 1. The predicted molar refractivity (Wildman–Crippen MR) is 72.4 cm³/mol. The van der Waals surface area contributed by atoms with Crippen molar-refractivity contribution in [1.29, 1.82) is 0 Å². The molecule has 0 aliphatic rings. The number of benzene rings is 1. The minimum absolute atomic E-state index is 0.305. The zero-order valence-electron chi connectivity index (χ0n) is 11.5. The number of esters is 1. The molecule has 1 aromatic rings. The highest BCUT2D eigenvalue weighted by Crippen LogP contribution is 2.16. The van der Waals surface area contributed by atoms with Gasteiger partial charge >= 0.3 is 11.9 Å². The lowest BCUT2D eigenvalue weighted by molar-refractivity contribution is -0.155. The van der Waals surface area contributed by atoms with E-state index in [1.807, 2.05) is 6.92 Å². The van der Waals surface area contributed by atoms with Gasteiger partial charge in [-0.2, -0.15) is 0 Å². The molecule has 1 rings (SSSR count). The Bertz CT molecular complexity index is 480. The minimum Gasteiger partial charge on any atom is -0.481 e. The van der Waals surface area contributed by atoms with Gasteiger partial charge in [-0.25, -0.2) is 0 Å². The Kier molecular flexibility index (Phi) is 5.90. The van der Waals surface area contributed by atoms with E-state index in [0.29, 0.717) is 12.0 Å². The molecule has 108 valence electrons. The van der Waals surface area contributed by atoms with Gasteiger partial charge in [-0.05, 0) is 13.3 Å². The molecule has 0 bridgehead atoms. The molecule has 0 spiro atoms. The average Bonchev–Trinajstić information content (AvgIpc) is 2.44. The third kappa shape index (κ3) is 4.50. The first-order chi connectivity index (χ1) is 9.45. The molecule has 0 saturated carbocycles. The maximum Gasteiger partial charge on any atom is 0.317 e. The molecule has 1 aromatic carbocycles. The number of carboxylic acid groups (broad SMARTS) is 1. The van der Waals surface area contributed by atoms with Crippen LogP contribution in [0.1, 0.15) is 37.0 Å². The predicted octanol–water partition coefficient (Wildman–Crippen LogP) is 2.30. The smallest absolute Gasteiger partial charge is 0.317 e. The quantitative estimate of drug-likeness (QED) is 0.470. The van der Waals surface area contributed by atoms with Crippen LogP contribution < -0.4 is 0 Å². The van der Waals surface area contributed by atoms with E-state index < -0.39 is 30.1 Å². The first-order valence-corrected chi connectivity index (χ1v) is 6.47. The summed E-state index contributed by atoms with van der Waals surface area (Å²) in [6, 6.07) is 8.15. The highest BCUT2D eigenvalue weighted by Gasteiger charge is 2.32. The van der Waals surface area contributed by atoms with E-state index in [2.05, 4.69) is 0 Å². The third-order valence-corrected chi connectivity index (χ3v) is 2.93. The van der Waals surface area contributed by atoms with Crippen molar-refractivity contribution >= 4 is 17.7 Å². The lowest BCUT2D eigenvalue weighted by atomic mass is 9.94. The van der Waals surface area contributed by atoms with Gasteiger partial charge in [0.05, 0.1) is 12.5 Å². The Hall–Kier alpha value is -2.17. The molecule has 0 aliphatic carbocycles. The summed E-state index contributed by atoms with van der Waals surface area (Å²) in [4.78, 5) is 35.0. The summed E-state index contributed by atoms with van der Waals surface area (Å²) in [5.74, 6) is -3.82. The van der Waals surface area contributed by atoms with Crippen LogP contribution in [-0.2, 0) is 14.3 Å². The van der Waals surface area contributed by atoms with Crippen molar-refractivity contribution in [2.24, 2.45) is 5.92 Å². The van der Waals surface area contributed by atoms with Gasteiger partial charge < -0.3 is 9.84 Å². The molecule has 0 radical (unpaired) electrons. The van der Waals surface area contributed by atoms with Crippen molar-refractivity contribution in [3.05, 3.63) is 35.9 Å². The molecule has 5 heteroatoms. The van der Waals surface area contributed by atoms with Crippen LogP contribution in [0.4, 0.5) is 0 Å². The van der Waals surface area contributed by atoms with Gasteiger partial charge in [-0.1, -0.05) is 37.3 Å². The molecule has 0 aromatic heterocycles. The summed E-state index contributed by atoms with van der Waals surface area (Å²) >= 11 is 0. The second-order valence-electron chi connectivity index (χ2n) is 4.54. The van der Waals surface area contributed by atoms with Crippen LogP contribution in [-0.4, -0.2) is 28.9 Å². The van der Waals surface area contributed by atoms with Gasteiger partial charge in [0.25, 0.3) is 0 Å². The van der Waals surface area contributed by atoms with Gasteiger partial charge in [0.15, 0.2) is 5.78 Å². The fourth-order valence-electron chi connectivity index (χ4n) is 1.63. The van der Waals surface area contributed by atoms with Gasteiger partial charge in [-0.3, -0.25) is 14.4 Å². The van der Waals surface area contributed by atoms with Crippen LogP contribution >= 0.6 is 0 Å². The largest absolute Gasteiger partial charge is 0.481 e. The number of ether oxygens (including phenoxy) is 1. The van der Waals surface area contributed by atoms with Crippen LogP contribution in [0.25, 0.3) is 0 Å². The Morgan fingerprint density at radius 3 is 2.30 bits per heavy atom. The van der Waals surface area contributed by atoms with Gasteiger partial charge in [0.2, 0.25) is 0 Å². The molecule has 1 N–H and O–H groups in total. The Morgan fingerprint density at radius 2 is 1.80 bits per heavy atom. The molecule has 2 unspecified atom stereocenters. The highest BCUT2D eigenvalue weighted by atomic mass is 16.5. The van der Waals surface area contributed by atoms with E-state index in [0.717, 1.165) is 0 Å². The molecule has 0 fully saturated rings. The van der Waals surface area contributed by atoms with E-state index in [-0.39, 0.29) is 6.10 Å². The molecule has 0 saturated heterocycles. The van der Waals surface area contributed by atoms with Crippen molar-refractivity contribution in [2.75, 3.05) is 0 Å². The Balaban J connectivity index is 2.91. The summed E-state index contributed by atoms with van der Waals surface area (Å²) in [7, 11) is 0. The van der Waals surface area contributed by atoms with Crippen LogP contribution in [0.15, 0.2) is 30.3 Å². The molecule has 2 atom stereocenters. The molecular weight excluding hydrogens is 260 g/mol. The van der Waals surface area contributed by atoms with Crippen molar-refractivity contribution < 1.29 is 24.2 Å². The zero-order chi connectivity index (χ0) is 15.1. The number of carbonyl (C=O) groups excluding carboxylic acids is 2. The third-order valence-electron chi connectivity index (χ3n) is 2.93. The van der Waals surface area contributed by atoms with Crippen molar-refractivity contribution in [3.63, 3.8) is 0 Å². The maximum atomic E-state index is 12.2. The van der Waals surface area contributed by atoms with Crippen LogP contribution in [0.3, 0.4) is 0 Å². The summed E-state index contributed by atoms with van der Waals surface area (Å²) < 4.78 is 5.08. The number of hydrogen-bond donors (Lipinski definition) is 1. The molecular formula is C15H18O5. The van der Waals surface area contributed by atoms with E-state index in [4.69, 9.17) is 9.84 Å². The minimum atomic E-state index is -1.30. The number of carbonyl (C=O) groups is 3. The summed E-state index contributed by atoms with van der Waals surface area (Å²) in [6.07, 6.45) is -0.309. The van der Waals surface area contributed by atoms with Gasteiger partial charge in [0.1, 0.15) is 5.92 Å². The zero-order valence-corrected chi connectivity index (χ0v) is 11.5. The number of carboxylic acids is 1. The lowest BCUT2D eigenvalue weighted by Crippen LogP contribution is -2.30. The number of ketones is 1. The van der Waals surface area contributed by atoms with Crippen LogP contribution in [0.5, 0.6) is 0 Å². The summed E-state index contributed by atoms with van der Waals surface area (Å²) in [5.41, 5.74) is 0.305. The number of rotatable bonds is 7. The van der Waals surface area contributed by atoms with Crippen LogP contribution in [0, 0.1) is 5.92 Å². The van der Waals surface area contributed by atoms with Gasteiger partial charge in [0, 0.05) is 5.56 Å². The fourth-order valence-corrected chi connectivity index (χ4v) is 1.63. The van der Waals surface area contributed by atoms with Gasteiger partial charge in [-0.15, -0.1) is 0 Å². The van der Waals surface area contributed by atoms with E-state index in [9.17, 15) is 14.4 Å². The topological polar surface area (TPSA) is 80.7 Å². The number of aliphatic carboxylic acids is 1. The average molecular weight is 278 g/mol. The fraction of sp³-hybridized carbons (Fsp3) is 0.400. The SMILES string of the molecule is CCC(C)OC(=O)C(CC(=O)O)C(=O)c1ccccc1. The maximum absolute atomic E-state index is 12.2. The second kappa shape index (κ2) is 7.43. The first-order valence-electron chi connectivity index (χ1n) is 6.47. The molecule has 0 aliphatic heterocycles. The normalized spacial score (nSPS) is 13.3. The van der Waals surface area contributed by atoms with E-state index in [1.165, 1.54) is 0 Å². The Labute approximate surface area is 117 Å². The molecule has 0 amide bonds. The highest BCUT2D eigenvalue weighted by molar-refractivity contribution is 6.10. The van der Waals surface area contributed by atoms with E-state index in [1.54, 1.807) is 37.3 Å².